The van der Waals surface area contributed by atoms with Gasteiger partial charge in [0.15, 0.2) is 0 Å². The van der Waals surface area contributed by atoms with Crippen molar-refractivity contribution in [3.8, 4) is 0 Å². The molecule has 0 bridgehead atoms. The number of nitrogens with zero attached hydrogens (tertiary/aromatic N) is 2. The maximum atomic E-state index is 12.2. The van der Waals surface area contributed by atoms with Crippen LogP contribution in [0.5, 0.6) is 0 Å². The Morgan fingerprint density at radius 1 is 1.12 bits per heavy atom. The van der Waals surface area contributed by atoms with Gasteiger partial charge in [-0.1, -0.05) is 18.2 Å². The Hall–Kier alpha value is -3.02. The fraction of sp³-hybridized carbons (Fsp3) is 0.364. The number of carboxylic acid groups (broad SMARTS) is 1. The summed E-state index contributed by atoms with van der Waals surface area (Å²) in [5.74, 6) is -1.71. The first-order valence-electron chi connectivity index (χ1n) is 10.4. The minimum Gasteiger partial charge on any atom is -0.550 e. The van der Waals surface area contributed by atoms with E-state index < -0.39 is 29.3 Å². The van der Waals surface area contributed by atoms with E-state index in [1.807, 2.05) is 19.1 Å². The van der Waals surface area contributed by atoms with E-state index in [0.717, 1.165) is 17.8 Å². The number of nitro groups is 1. The number of hydrogen-bond donors (Lipinski definition) is 3. The van der Waals surface area contributed by atoms with E-state index in [9.17, 15) is 29.6 Å². The minimum absolute atomic E-state index is 0. The number of carbonyl (C=O) groups excluding carboxylic acids is 3. The van der Waals surface area contributed by atoms with Crippen LogP contribution in [-0.2, 0) is 14.4 Å². The van der Waals surface area contributed by atoms with E-state index in [1.165, 1.54) is 24.3 Å². The van der Waals surface area contributed by atoms with Gasteiger partial charge in [0.05, 0.1) is 23.1 Å². The van der Waals surface area contributed by atoms with Crippen molar-refractivity contribution in [2.45, 2.75) is 38.6 Å². The van der Waals surface area contributed by atoms with Crippen LogP contribution in [0.15, 0.2) is 42.6 Å². The summed E-state index contributed by atoms with van der Waals surface area (Å²) in [6.07, 6.45) is 2.59. The molecule has 2 amide bonds. The summed E-state index contributed by atoms with van der Waals surface area (Å²) >= 11 is 0. The third-order valence-electron chi connectivity index (χ3n) is 4.71. The fourth-order valence-electron chi connectivity index (χ4n) is 3.13. The number of para-hydroxylation sites is 1. The molecule has 1 atom stereocenters. The molecule has 1 heterocycles. The number of anilines is 1. The van der Waals surface area contributed by atoms with Gasteiger partial charge < -0.3 is 25.9 Å². The zero-order valence-electron chi connectivity index (χ0n) is 19.2. The van der Waals surface area contributed by atoms with Crippen LogP contribution in [0.25, 0.3) is 0 Å². The first-order chi connectivity index (χ1) is 15.8. The molecule has 0 aliphatic carbocycles. The van der Waals surface area contributed by atoms with Crippen molar-refractivity contribution in [2.24, 2.45) is 0 Å². The Balaban J connectivity index is 0.00000578. The summed E-state index contributed by atoms with van der Waals surface area (Å²) in [5, 5.41) is 30.4. The summed E-state index contributed by atoms with van der Waals surface area (Å²) in [5.41, 5.74) is 0.818. The molecule has 0 saturated carbocycles. The molecular weight excluding hydrogens is 453 g/mol. The third kappa shape index (κ3) is 10.3. The molecular formula is C22H26N5NaO6. The van der Waals surface area contributed by atoms with E-state index in [0.29, 0.717) is 13.0 Å². The molecule has 0 fully saturated rings. The minimum atomic E-state index is -1.48. The number of benzene rings is 1. The predicted molar refractivity (Wildman–Crippen MR) is 118 cm³/mol. The monoisotopic (exact) mass is 479 g/mol. The van der Waals surface area contributed by atoms with Crippen LogP contribution < -0.4 is 50.6 Å². The molecule has 1 aromatic heterocycles. The Kier molecular flexibility index (Phi) is 12.8. The predicted octanol–water partition coefficient (Wildman–Crippen LogP) is -2.00. The van der Waals surface area contributed by atoms with Crippen LogP contribution in [0.2, 0.25) is 0 Å². The molecule has 3 N–H and O–H groups in total. The van der Waals surface area contributed by atoms with Crippen molar-refractivity contribution in [3.05, 3.63) is 63.8 Å². The molecule has 11 nitrogen and oxygen atoms in total. The Morgan fingerprint density at radius 2 is 1.85 bits per heavy atom. The number of carbonyl (C=O) groups is 3. The summed E-state index contributed by atoms with van der Waals surface area (Å²) in [6.45, 7) is 2.23. The number of aromatic nitrogens is 1. The zero-order valence-corrected chi connectivity index (χ0v) is 21.2. The first kappa shape index (κ1) is 29.0. The number of aryl methyl sites for hydroxylation is 1. The molecule has 34 heavy (non-hydrogen) atoms. The molecule has 0 saturated heterocycles. The Morgan fingerprint density at radius 3 is 2.53 bits per heavy atom. The van der Waals surface area contributed by atoms with Crippen molar-refractivity contribution in [3.63, 3.8) is 0 Å². The van der Waals surface area contributed by atoms with Crippen LogP contribution in [0.4, 0.5) is 11.5 Å². The molecule has 12 heteroatoms. The van der Waals surface area contributed by atoms with Gasteiger partial charge in [-0.05, 0) is 37.5 Å². The van der Waals surface area contributed by atoms with E-state index in [1.54, 1.807) is 6.20 Å². The van der Waals surface area contributed by atoms with Gasteiger partial charge in [-0.2, -0.15) is 0 Å². The van der Waals surface area contributed by atoms with Crippen molar-refractivity contribution in [1.82, 2.24) is 15.6 Å². The SMILES string of the molecule is Cc1ccnc(NCCCCC(=O)NCC(=O)NC(CC(=O)[O-])c2ccccc2[N+](=O)[O-])c1.[Na+]. The zero-order chi connectivity index (χ0) is 24.2. The molecule has 2 aromatic rings. The molecule has 0 aliphatic heterocycles. The number of hydrogen-bond acceptors (Lipinski definition) is 8. The summed E-state index contributed by atoms with van der Waals surface area (Å²) in [7, 11) is 0. The summed E-state index contributed by atoms with van der Waals surface area (Å²) in [4.78, 5) is 50.0. The van der Waals surface area contributed by atoms with E-state index in [-0.39, 0.29) is 59.7 Å². The van der Waals surface area contributed by atoms with E-state index in [2.05, 4.69) is 20.9 Å². The number of aliphatic carboxylic acids is 1. The molecule has 176 valence electrons. The number of nitro benzene ring substituents is 1. The van der Waals surface area contributed by atoms with Gasteiger partial charge in [-0.3, -0.25) is 19.7 Å². The average molecular weight is 479 g/mol. The number of nitrogens with one attached hydrogen (secondary N) is 3. The summed E-state index contributed by atoms with van der Waals surface area (Å²) < 4.78 is 0. The quantitative estimate of drug-likeness (QED) is 0.128. The molecule has 0 spiro atoms. The van der Waals surface area contributed by atoms with Crippen LogP contribution >= 0.6 is 0 Å². The van der Waals surface area contributed by atoms with Crippen molar-refractivity contribution >= 4 is 29.3 Å². The van der Waals surface area contributed by atoms with E-state index in [4.69, 9.17) is 0 Å². The molecule has 1 aromatic carbocycles. The van der Waals surface area contributed by atoms with Crippen molar-refractivity contribution in [2.75, 3.05) is 18.4 Å². The van der Waals surface area contributed by atoms with Crippen molar-refractivity contribution in [1.29, 1.82) is 0 Å². The standard InChI is InChI=1S/C22H27N5O6.Na/c1-15-9-11-24-19(12-15)23-10-5-4-8-20(28)25-14-21(29)26-17(13-22(30)31)16-6-2-3-7-18(16)27(32)33;/h2-3,6-7,9,11-12,17H,4-5,8,10,13-14H2,1H3,(H,23,24)(H,25,28)(H,26,29)(H,30,31);/q;+1/p-1. The Labute approximate surface area is 219 Å². The Bertz CT molecular complexity index is 1000. The molecule has 0 radical (unpaired) electrons. The van der Waals surface area contributed by atoms with Crippen LogP contribution in [0.3, 0.4) is 0 Å². The van der Waals surface area contributed by atoms with Crippen LogP contribution in [-0.4, -0.2) is 40.8 Å². The van der Waals surface area contributed by atoms with Gasteiger partial charge in [0, 0.05) is 37.6 Å². The average Bonchev–Trinajstić information content (AvgIpc) is 2.76. The maximum Gasteiger partial charge on any atom is 1.00 e. The number of amides is 2. The topological polar surface area (TPSA) is 166 Å². The first-order valence-corrected chi connectivity index (χ1v) is 10.4. The smallest absolute Gasteiger partial charge is 0.550 e. The van der Waals surface area contributed by atoms with Gasteiger partial charge in [0.1, 0.15) is 5.82 Å². The third-order valence-corrected chi connectivity index (χ3v) is 4.71. The normalized spacial score (nSPS) is 11.0. The number of rotatable bonds is 13. The molecule has 1 unspecified atom stereocenters. The van der Waals surface area contributed by atoms with Gasteiger partial charge >= 0.3 is 29.6 Å². The second kappa shape index (κ2) is 15.0. The number of carboxylic acids is 1. The molecule has 0 aliphatic rings. The second-order valence-electron chi connectivity index (χ2n) is 7.39. The van der Waals surface area contributed by atoms with Gasteiger partial charge in [-0.25, -0.2) is 4.98 Å². The van der Waals surface area contributed by atoms with Gasteiger partial charge in [-0.15, -0.1) is 0 Å². The van der Waals surface area contributed by atoms with Gasteiger partial charge in [0.25, 0.3) is 5.69 Å². The fourth-order valence-corrected chi connectivity index (χ4v) is 3.13. The second-order valence-corrected chi connectivity index (χ2v) is 7.39. The van der Waals surface area contributed by atoms with Crippen molar-refractivity contribution < 1.29 is 54.0 Å². The van der Waals surface area contributed by atoms with E-state index >= 15 is 0 Å². The maximum absolute atomic E-state index is 12.2. The largest absolute Gasteiger partial charge is 1.00 e. The van der Waals surface area contributed by atoms with Gasteiger partial charge in [0.2, 0.25) is 11.8 Å². The number of pyridine rings is 1. The van der Waals surface area contributed by atoms with Crippen LogP contribution in [0, 0.1) is 17.0 Å². The number of unbranched alkanes of at least 4 members (excludes halogenated alkanes) is 1. The summed E-state index contributed by atoms with van der Waals surface area (Å²) in [6, 6.07) is 8.17. The van der Waals surface area contributed by atoms with Crippen LogP contribution in [0.1, 0.15) is 42.9 Å². The molecule has 2 rings (SSSR count).